The van der Waals surface area contributed by atoms with E-state index in [-0.39, 0.29) is 11.6 Å². The molecule has 3 heteroatoms. The SMILES string of the molecule is C=CCN1[C@H]([C@](O)(CC(=C)C)c2ccccc2)O[C@@H]2C[C@H](C)CC[C@H]2C1(C)C. The van der Waals surface area contributed by atoms with Crippen molar-refractivity contribution >= 4 is 0 Å². The largest absolute Gasteiger partial charge is 0.381 e. The van der Waals surface area contributed by atoms with Gasteiger partial charge in [0.2, 0.25) is 0 Å². The van der Waals surface area contributed by atoms with Crippen LogP contribution in [-0.4, -0.2) is 34.4 Å². The van der Waals surface area contributed by atoms with E-state index in [9.17, 15) is 5.11 Å². The predicted molar refractivity (Wildman–Crippen MR) is 116 cm³/mol. The van der Waals surface area contributed by atoms with E-state index < -0.39 is 11.8 Å². The molecule has 1 aromatic carbocycles. The number of aliphatic hydroxyl groups is 1. The van der Waals surface area contributed by atoms with E-state index in [4.69, 9.17) is 4.74 Å². The van der Waals surface area contributed by atoms with Gasteiger partial charge < -0.3 is 9.84 Å². The van der Waals surface area contributed by atoms with Crippen LogP contribution in [0, 0.1) is 11.8 Å². The highest BCUT2D eigenvalue weighted by Gasteiger charge is 2.56. The number of benzene rings is 1. The number of hydrogen-bond donors (Lipinski definition) is 1. The molecule has 0 spiro atoms. The predicted octanol–water partition coefficient (Wildman–Crippen LogP) is 5.27. The average molecular weight is 384 g/mol. The van der Waals surface area contributed by atoms with Crippen molar-refractivity contribution in [3.8, 4) is 0 Å². The molecule has 1 N–H and O–H groups in total. The van der Waals surface area contributed by atoms with Gasteiger partial charge in [-0.2, -0.15) is 0 Å². The Morgan fingerprint density at radius 2 is 2.00 bits per heavy atom. The van der Waals surface area contributed by atoms with Crippen LogP contribution >= 0.6 is 0 Å². The van der Waals surface area contributed by atoms with Crippen molar-refractivity contribution in [3.63, 3.8) is 0 Å². The number of nitrogens with zero attached hydrogens (tertiary/aromatic N) is 1. The summed E-state index contributed by atoms with van der Waals surface area (Å²) in [5, 5.41) is 12.1. The molecule has 0 aromatic heterocycles. The number of rotatable bonds is 6. The minimum absolute atomic E-state index is 0.0836. The van der Waals surface area contributed by atoms with E-state index in [0.29, 0.717) is 24.8 Å². The summed E-state index contributed by atoms with van der Waals surface area (Å²) < 4.78 is 6.77. The van der Waals surface area contributed by atoms with Crippen molar-refractivity contribution < 1.29 is 9.84 Å². The third-order valence-corrected chi connectivity index (χ3v) is 6.87. The maximum absolute atomic E-state index is 12.1. The highest BCUT2D eigenvalue weighted by Crippen LogP contribution is 2.49. The van der Waals surface area contributed by atoms with E-state index in [1.165, 1.54) is 12.8 Å². The zero-order valence-corrected chi connectivity index (χ0v) is 18.0. The summed E-state index contributed by atoms with van der Waals surface area (Å²) in [4.78, 5) is 2.33. The molecule has 0 amide bonds. The third kappa shape index (κ3) is 3.85. The summed E-state index contributed by atoms with van der Waals surface area (Å²) in [6.45, 7) is 17.7. The van der Waals surface area contributed by atoms with E-state index in [1.54, 1.807) is 0 Å². The van der Waals surface area contributed by atoms with Crippen LogP contribution in [0.15, 0.2) is 55.1 Å². The van der Waals surface area contributed by atoms with Crippen LogP contribution in [0.4, 0.5) is 0 Å². The molecule has 28 heavy (non-hydrogen) atoms. The fourth-order valence-corrected chi connectivity index (χ4v) is 5.40. The molecule has 0 unspecified atom stereocenters. The van der Waals surface area contributed by atoms with Crippen LogP contribution in [-0.2, 0) is 10.3 Å². The standard InChI is InChI=1S/C25H37NO2/c1-7-15-26-23(25(27,17-18(2)3)20-11-9-8-10-12-20)28-22-16-19(4)13-14-21(22)24(26,5)6/h7-12,19,21-23,27H,1-2,13-17H2,3-6H3/t19-,21-,22-,23+,25+/m1/s1. The molecule has 1 aliphatic carbocycles. The second-order valence-corrected chi connectivity index (χ2v) is 9.57. The molecule has 2 fully saturated rings. The fourth-order valence-electron chi connectivity index (χ4n) is 5.40. The Balaban J connectivity index is 2.08. The quantitative estimate of drug-likeness (QED) is 0.680. The maximum Gasteiger partial charge on any atom is 0.145 e. The smallest absolute Gasteiger partial charge is 0.145 e. The Kier molecular flexibility index (Phi) is 6.19. The van der Waals surface area contributed by atoms with Crippen molar-refractivity contribution in [2.75, 3.05) is 6.54 Å². The first kappa shape index (κ1) is 21.3. The van der Waals surface area contributed by atoms with Crippen LogP contribution in [0.25, 0.3) is 0 Å². The van der Waals surface area contributed by atoms with Crippen molar-refractivity contribution in [1.29, 1.82) is 0 Å². The van der Waals surface area contributed by atoms with E-state index in [0.717, 1.165) is 17.6 Å². The molecule has 1 heterocycles. The van der Waals surface area contributed by atoms with Crippen LogP contribution < -0.4 is 0 Å². The number of fused-ring (bicyclic) bond motifs is 1. The molecule has 5 atom stereocenters. The second kappa shape index (κ2) is 8.14. The molecule has 1 saturated heterocycles. The van der Waals surface area contributed by atoms with Gasteiger partial charge in [-0.3, -0.25) is 4.90 Å². The van der Waals surface area contributed by atoms with Gasteiger partial charge in [0, 0.05) is 24.4 Å². The number of ether oxygens (including phenoxy) is 1. The molecule has 3 nitrogen and oxygen atoms in total. The summed E-state index contributed by atoms with van der Waals surface area (Å²) >= 11 is 0. The molecule has 3 rings (SSSR count). The highest BCUT2D eigenvalue weighted by atomic mass is 16.5. The first-order valence-corrected chi connectivity index (χ1v) is 10.7. The molecular formula is C25H37NO2. The first-order valence-electron chi connectivity index (χ1n) is 10.7. The lowest BCUT2D eigenvalue weighted by molar-refractivity contribution is -0.287. The lowest BCUT2D eigenvalue weighted by atomic mass is 9.68. The minimum atomic E-state index is -1.15. The Labute approximate surface area is 171 Å². The average Bonchev–Trinajstić information content (AvgIpc) is 2.63. The molecular weight excluding hydrogens is 346 g/mol. The summed E-state index contributed by atoms with van der Waals surface area (Å²) in [7, 11) is 0. The zero-order valence-electron chi connectivity index (χ0n) is 18.0. The van der Waals surface area contributed by atoms with Gasteiger partial charge in [0.05, 0.1) is 6.10 Å². The fraction of sp³-hybridized carbons (Fsp3) is 0.600. The Morgan fingerprint density at radius 3 is 2.61 bits per heavy atom. The lowest BCUT2D eigenvalue weighted by Crippen LogP contribution is -2.69. The van der Waals surface area contributed by atoms with E-state index in [1.807, 2.05) is 43.3 Å². The zero-order chi connectivity index (χ0) is 20.5. The van der Waals surface area contributed by atoms with Gasteiger partial charge in [-0.25, -0.2) is 0 Å². The highest BCUT2D eigenvalue weighted by molar-refractivity contribution is 5.27. The molecule has 2 aliphatic rings. The molecule has 0 radical (unpaired) electrons. The van der Waals surface area contributed by atoms with Crippen LogP contribution in [0.3, 0.4) is 0 Å². The maximum atomic E-state index is 12.1. The molecule has 1 aliphatic heterocycles. The summed E-state index contributed by atoms with van der Waals surface area (Å²) in [5.74, 6) is 1.12. The summed E-state index contributed by atoms with van der Waals surface area (Å²) in [6, 6.07) is 9.95. The Morgan fingerprint density at radius 1 is 1.32 bits per heavy atom. The molecule has 1 saturated carbocycles. The topological polar surface area (TPSA) is 32.7 Å². The Bertz CT molecular complexity index is 698. The van der Waals surface area contributed by atoms with Gasteiger partial charge in [-0.1, -0.05) is 55.3 Å². The number of hydrogen-bond acceptors (Lipinski definition) is 3. The summed E-state index contributed by atoms with van der Waals surface area (Å²) in [5.41, 5.74) is 0.597. The molecule has 154 valence electrons. The van der Waals surface area contributed by atoms with Gasteiger partial charge in [0.1, 0.15) is 11.8 Å². The van der Waals surface area contributed by atoms with Crippen molar-refractivity contribution in [1.82, 2.24) is 4.90 Å². The van der Waals surface area contributed by atoms with E-state index in [2.05, 4.69) is 38.8 Å². The Hall–Kier alpha value is -1.42. The lowest BCUT2D eigenvalue weighted by Gasteiger charge is -2.60. The van der Waals surface area contributed by atoms with Gasteiger partial charge in [-0.05, 0) is 45.1 Å². The van der Waals surface area contributed by atoms with Crippen molar-refractivity contribution in [2.24, 2.45) is 11.8 Å². The minimum Gasteiger partial charge on any atom is -0.381 e. The monoisotopic (exact) mass is 383 g/mol. The van der Waals surface area contributed by atoms with Crippen molar-refractivity contribution in [3.05, 3.63) is 60.7 Å². The summed E-state index contributed by atoms with van der Waals surface area (Å²) in [6.07, 6.45) is 5.61. The van der Waals surface area contributed by atoms with Gasteiger partial charge >= 0.3 is 0 Å². The van der Waals surface area contributed by atoms with Gasteiger partial charge in [-0.15, -0.1) is 13.2 Å². The van der Waals surface area contributed by atoms with Crippen LogP contribution in [0.5, 0.6) is 0 Å². The third-order valence-electron chi connectivity index (χ3n) is 6.87. The second-order valence-electron chi connectivity index (χ2n) is 9.57. The normalized spacial score (nSPS) is 32.2. The van der Waals surface area contributed by atoms with E-state index >= 15 is 0 Å². The van der Waals surface area contributed by atoms with Gasteiger partial charge in [0.15, 0.2) is 0 Å². The van der Waals surface area contributed by atoms with Crippen LogP contribution in [0.2, 0.25) is 0 Å². The van der Waals surface area contributed by atoms with Gasteiger partial charge in [0.25, 0.3) is 0 Å². The van der Waals surface area contributed by atoms with Crippen molar-refractivity contribution in [2.45, 2.75) is 76.9 Å². The molecule has 0 bridgehead atoms. The molecule has 1 aromatic rings. The van der Waals surface area contributed by atoms with Crippen LogP contribution in [0.1, 0.15) is 58.9 Å². The first-order chi connectivity index (χ1) is 13.2.